The second kappa shape index (κ2) is 11.3. The summed E-state index contributed by atoms with van der Waals surface area (Å²) in [6.07, 6.45) is -0.336. The summed E-state index contributed by atoms with van der Waals surface area (Å²) in [5.74, 6) is 0.109. The summed E-state index contributed by atoms with van der Waals surface area (Å²) in [5.41, 5.74) is 0.628. The summed E-state index contributed by atoms with van der Waals surface area (Å²) >= 11 is 0. The van der Waals surface area contributed by atoms with Crippen molar-refractivity contribution >= 4 is 32.9 Å². The van der Waals surface area contributed by atoms with Gasteiger partial charge in [-0.05, 0) is 58.0 Å². The third-order valence-corrected chi connectivity index (χ3v) is 8.23. The Balaban J connectivity index is 1.72. The van der Waals surface area contributed by atoms with Gasteiger partial charge in [0.25, 0.3) is 15.9 Å². The van der Waals surface area contributed by atoms with E-state index in [9.17, 15) is 18.0 Å². The van der Waals surface area contributed by atoms with Crippen molar-refractivity contribution in [1.29, 1.82) is 0 Å². The lowest BCUT2D eigenvalue weighted by molar-refractivity contribution is 0.0138. The van der Waals surface area contributed by atoms with Gasteiger partial charge in [0.05, 0.1) is 17.5 Å². The number of amides is 2. The highest BCUT2D eigenvalue weighted by Crippen LogP contribution is 2.34. The van der Waals surface area contributed by atoms with Gasteiger partial charge in [0.1, 0.15) is 17.0 Å². The van der Waals surface area contributed by atoms with Gasteiger partial charge in [0.2, 0.25) is 0 Å². The maximum Gasteiger partial charge on any atom is 0.410 e. The van der Waals surface area contributed by atoms with Crippen molar-refractivity contribution in [2.75, 3.05) is 39.8 Å². The van der Waals surface area contributed by atoms with Crippen LogP contribution in [0.2, 0.25) is 0 Å². The SMILES string of the molecule is CCNC(=O)c1cc2c(CN3CCN(C(=O)OC(C)(C)C)CC3)c(OC)ccc2n1S(=O)(=O)c1ccccc1. The second-order valence-corrected chi connectivity index (χ2v) is 12.2. The zero-order chi connectivity index (χ0) is 28.4. The molecule has 1 aromatic heterocycles. The van der Waals surface area contributed by atoms with Gasteiger partial charge in [-0.2, -0.15) is 0 Å². The molecule has 0 radical (unpaired) electrons. The number of nitrogens with zero attached hydrogens (tertiary/aromatic N) is 3. The Bertz CT molecular complexity index is 1450. The third-order valence-electron chi connectivity index (χ3n) is 6.49. The highest BCUT2D eigenvalue weighted by Gasteiger charge is 2.30. The first-order valence-corrected chi connectivity index (χ1v) is 14.4. The number of carbonyl (C=O) groups excluding carboxylic acids is 2. The maximum atomic E-state index is 13.8. The molecule has 11 heteroatoms. The molecular weight excluding hydrogens is 520 g/mol. The van der Waals surface area contributed by atoms with Gasteiger partial charge in [-0.15, -0.1) is 0 Å². The van der Waals surface area contributed by atoms with Crippen LogP contribution in [0.25, 0.3) is 10.9 Å². The molecule has 1 aliphatic heterocycles. The molecule has 39 heavy (non-hydrogen) atoms. The number of piperazine rings is 1. The van der Waals surface area contributed by atoms with Gasteiger partial charge in [0.15, 0.2) is 0 Å². The molecule has 0 saturated carbocycles. The van der Waals surface area contributed by atoms with Crippen molar-refractivity contribution in [3.8, 4) is 5.75 Å². The van der Waals surface area contributed by atoms with Crippen molar-refractivity contribution in [1.82, 2.24) is 19.1 Å². The van der Waals surface area contributed by atoms with Gasteiger partial charge in [-0.25, -0.2) is 17.2 Å². The smallest absolute Gasteiger partial charge is 0.410 e. The lowest BCUT2D eigenvalue weighted by Gasteiger charge is -2.35. The summed E-state index contributed by atoms with van der Waals surface area (Å²) < 4.78 is 39.9. The van der Waals surface area contributed by atoms with Crippen LogP contribution in [0.15, 0.2) is 53.4 Å². The molecule has 0 bridgehead atoms. The first-order valence-electron chi connectivity index (χ1n) is 13.0. The lowest BCUT2D eigenvalue weighted by atomic mass is 10.1. The summed E-state index contributed by atoms with van der Waals surface area (Å²) in [7, 11) is -2.51. The van der Waals surface area contributed by atoms with E-state index in [4.69, 9.17) is 9.47 Å². The van der Waals surface area contributed by atoms with Crippen LogP contribution in [0, 0.1) is 0 Å². The molecule has 4 rings (SSSR count). The van der Waals surface area contributed by atoms with Gasteiger partial charge >= 0.3 is 6.09 Å². The van der Waals surface area contributed by atoms with Crippen LogP contribution in [0.3, 0.4) is 0 Å². The van der Waals surface area contributed by atoms with Crippen LogP contribution < -0.4 is 10.1 Å². The number of fused-ring (bicyclic) bond motifs is 1. The zero-order valence-electron chi connectivity index (χ0n) is 23.1. The highest BCUT2D eigenvalue weighted by molar-refractivity contribution is 7.90. The van der Waals surface area contributed by atoms with Crippen molar-refractivity contribution < 1.29 is 27.5 Å². The van der Waals surface area contributed by atoms with Crippen LogP contribution in [-0.4, -0.2) is 79.6 Å². The fourth-order valence-corrected chi connectivity index (χ4v) is 6.18. The molecule has 210 valence electrons. The van der Waals surface area contributed by atoms with Gasteiger partial charge in [-0.3, -0.25) is 9.69 Å². The van der Waals surface area contributed by atoms with Crippen molar-refractivity contribution in [2.45, 2.75) is 44.7 Å². The number of benzene rings is 2. The fraction of sp³-hybridized carbons (Fsp3) is 0.429. The second-order valence-electron chi connectivity index (χ2n) is 10.4. The Morgan fingerprint density at radius 3 is 2.26 bits per heavy atom. The van der Waals surface area contributed by atoms with E-state index in [1.165, 1.54) is 12.1 Å². The average Bonchev–Trinajstić information content (AvgIpc) is 3.30. The van der Waals surface area contributed by atoms with Gasteiger partial charge in [-0.1, -0.05) is 18.2 Å². The number of ether oxygens (including phenoxy) is 2. The van der Waals surface area contributed by atoms with Crippen molar-refractivity contribution in [3.63, 3.8) is 0 Å². The molecule has 1 fully saturated rings. The molecule has 10 nitrogen and oxygen atoms in total. The Hall–Kier alpha value is -3.57. The quantitative estimate of drug-likeness (QED) is 0.473. The van der Waals surface area contributed by atoms with Crippen LogP contribution in [0.1, 0.15) is 43.7 Å². The first kappa shape index (κ1) is 28.4. The minimum absolute atomic E-state index is 0.0277. The summed E-state index contributed by atoms with van der Waals surface area (Å²) in [4.78, 5) is 29.5. The topological polar surface area (TPSA) is 110 Å². The summed E-state index contributed by atoms with van der Waals surface area (Å²) in [5, 5.41) is 3.35. The van der Waals surface area contributed by atoms with E-state index >= 15 is 0 Å². The standard InChI is InChI=1S/C28H36N4O6S/c1-6-29-26(33)24-18-21-22(19-30-14-16-31(17-15-30)27(34)38-28(2,3)4)25(37-5)13-12-23(21)32(24)39(35,36)20-10-8-7-9-11-20/h7-13,18H,6,14-17,19H2,1-5H3,(H,29,33). The Labute approximate surface area is 229 Å². The summed E-state index contributed by atoms with van der Waals surface area (Å²) in [6.45, 7) is 10.3. The zero-order valence-corrected chi connectivity index (χ0v) is 23.9. The number of aromatic nitrogens is 1. The first-order chi connectivity index (χ1) is 18.5. The molecule has 0 spiro atoms. The van der Waals surface area contributed by atoms with Crippen LogP contribution in [0.5, 0.6) is 5.75 Å². The fourth-order valence-electron chi connectivity index (χ4n) is 4.65. The Morgan fingerprint density at radius 2 is 1.67 bits per heavy atom. The van der Waals surface area contributed by atoms with Gasteiger partial charge < -0.3 is 19.7 Å². The molecule has 0 atom stereocenters. The van der Waals surface area contributed by atoms with Crippen LogP contribution in [0.4, 0.5) is 4.79 Å². The van der Waals surface area contributed by atoms with Crippen LogP contribution in [-0.2, 0) is 21.3 Å². The minimum atomic E-state index is -4.07. The van der Waals surface area contributed by atoms with E-state index in [1.54, 1.807) is 55.3 Å². The Kier molecular flexibility index (Phi) is 8.22. The van der Waals surface area contributed by atoms with E-state index < -0.39 is 21.5 Å². The molecule has 0 unspecified atom stereocenters. The predicted molar refractivity (Wildman–Crippen MR) is 149 cm³/mol. The van der Waals surface area contributed by atoms with Crippen molar-refractivity contribution in [2.24, 2.45) is 0 Å². The van der Waals surface area contributed by atoms with E-state index in [-0.39, 0.29) is 16.7 Å². The lowest BCUT2D eigenvalue weighted by Crippen LogP contribution is -2.49. The number of methoxy groups -OCH3 is 1. The average molecular weight is 557 g/mol. The minimum Gasteiger partial charge on any atom is -0.496 e. The molecule has 1 aliphatic rings. The largest absolute Gasteiger partial charge is 0.496 e. The molecule has 2 aromatic carbocycles. The van der Waals surface area contributed by atoms with Gasteiger partial charge in [0, 0.05) is 50.2 Å². The Morgan fingerprint density at radius 1 is 1.00 bits per heavy atom. The molecule has 3 aromatic rings. The molecule has 0 aliphatic carbocycles. The molecule has 2 heterocycles. The third kappa shape index (κ3) is 6.04. The molecular formula is C28H36N4O6S. The predicted octanol–water partition coefficient (Wildman–Crippen LogP) is 3.69. The normalized spacial score (nSPS) is 14.8. The maximum absolute atomic E-state index is 13.8. The number of hydrogen-bond acceptors (Lipinski definition) is 7. The van der Waals surface area contributed by atoms with Crippen molar-refractivity contribution in [3.05, 3.63) is 59.8 Å². The van der Waals surface area contributed by atoms with E-state index in [1.807, 2.05) is 20.8 Å². The van der Waals surface area contributed by atoms with Crippen LogP contribution >= 0.6 is 0 Å². The molecule has 1 N–H and O–H groups in total. The number of hydrogen-bond donors (Lipinski definition) is 1. The highest BCUT2D eigenvalue weighted by atomic mass is 32.2. The number of rotatable bonds is 7. The van der Waals surface area contributed by atoms with E-state index in [0.29, 0.717) is 55.9 Å². The number of nitrogens with one attached hydrogen (secondary N) is 1. The molecule has 2 amide bonds. The number of carbonyl (C=O) groups is 2. The van der Waals surface area contributed by atoms with E-state index in [0.717, 1.165) is 9.54 Å². The molecule has 1 saturated heterocycles. The van der Waals surface area contributed by atoms with E-state index in [2.05, 4.69) is 10.2 Å². The summed E-state index contributed by atoms with van der Waals surface area (Å²) in [6, 6.07) is 13.1. The monoisotopic (exact) mass is 556 g/mol.